The fourth-order valence-corrected chi connectivity index (χ4v) is 2.08. The summed E-state index contributed by atoms with van der Waals surface area (Å²) >= 11 is 0. The highest BCUT2D eigenvalue weighted by Gasteiger charge is 2.12. The first-order chi connectivity index (χ1) is 10.8. The minimum absolute atomic E-state index is 0.306. The van der Waals surface area contributed by atoms with Gasteiger partial charge in [0.25, 0.3) is 5.91 Å². The molecule has 1 rings (SSSR count). The topological polar surface area (TPSA) is 93.7 Å². The van der Waals surface area contributed by atoms with E-state index in [0.29, 0.717) is 12.3 Å². The lowest BCUT2D eigenvalue weighted by molar-refractivity contribution is -0.150. The number of carbonyl (C=O) groups is 3. The minimum atomic E-state index is -0.702. The van der Waals surface area contributed by atoms with Crippen molar-refractivity contribution in [2.24, 2.45) is 0 Å². The molecule has 0 aliphatic rings. The second-order valence-corrected chi connectivity index (χ2v) is 5.08. The van der Waals surface area contributed by atoms with Gasteiger partial charge in [0.2, 0.25) is 0 Å². The van der Waals surface area contributed by atoms with Gasteiger partial charge in [-0.25, -0.2) is 9.59 Å². The van der Waals surface area contributed by atoms with Crippen molar-refractivity contribution in [3.05, 3.63) is 28.8 Å². The maximum Gasteiger partial charge on any atom is 0.344 e. The van der Waals surface area contributed by atoms with Crippen LogP contribution >= 0.6 is 0 Å². The predicted octanol–water partition coefficient (Wildman–Crippen LogP) is 1.38. The van der Waals surface area contributed by atoms with Gasteiger partial charge in [0.15, 0.2) is 13.2 Å². The van der Waals surface area contributed by atoms with Crippen molar-refractivity contribution in [3.63, 3.8) is 0 Å². The van der Waals surface area contributed by atoms with Crippen molar-refractivity contribution in [1.82, 2.24) is 10.6 Å². The predicted molar refractivity (Wildman–Crippen MR) is 84.3 cm³/mol. The molecule has 0 saturated heterocycles. The van der Waals surface area contributed by atoms with Gasteiger partial charge in [-0.2, -0.15) is 0 Å². The molecule has 0 bridgehead atoms. The Kier molecular flexibility index (Phi) is 7.05. The smallest absolute Gasteiger partial charge is 0.344 e. The highest BCUT2D eigenvalue weighted by molar-refractivity contribution is 5.95. The molecule has 0 atom stereocenters. The Hall–Kier alpha value is -2.57. The molecule has 1 aromatic carbocycles. The number of ether oxygens (including phenoxy) is 2. The Balaban J connectivity index is 2.41. The number of imide groups is 1. The number of carbonyl (C=O) groups excluding carboxylic acids is 3. The van der Waals surface area contributed by atoms with Crippen LogP contribution in [0.25, 0.3) is 0 Å². The van der Waals surface area contributed by atoms with E-state index in [1.807, 2.05) is 38.2 Å². The molecule has 126 valence electrons. The summed E-state index contributed by atoms with van der Waals surface area (Å²) in [5, 5.41) is 4.42. The second-order valence-electron chi connectivity index (χ2n) is 5.08. The summed E-state index contributed by atoms with van der Waals surface area (Å²) in [7, 11) is 0. The maximum atomic E-state index is 11.6. The van der Waals surface area contributed by atoms with Crippen LogP contribution in [0.4, 0.5) is 4.79 Å². The van der Waals surface area contributed by atoms with Crippen molar-refractivity contribution in [1.29, 1.82) is 0 Å². The molecule has 23 heavy (non-hydrogen) atoms. The normalized spacial score (nSPS) is 9.91. The summed E-state index contributed by atoms with van der Waals surface area (Å²) in [6, 6.07) is 3.27. The van der Waals surface area contributed by atoms with Gasteiger partial charge in [-0.05, 0) is 38.8 Å². The van der Waals surface area contributed by atoms with Crippen LogP contribution in [0.15, 0.2) is 12.1 Å². The van der Waals surface area contributed by atoms with Gasteiger partial charge in [0.1, 0.15) is 5.75 Å². The van der Waals surface area contributed by atoms with Crippen LogP contribution in [0.3, 0.4) is 0 Å². The Morgan fingerprint density at radius 3 is 2.22 bits per heavy atom. The number of hydrogen-bond acceptors (Lipinski definition) is 5. The molecule has 0 unspecified atom stereocenters. The first-order valence-corrected chi connectivity index (χ1v) is 7.27. The van der Waals surface area contributed by atoms with E-state index < -0.39 is 24.5 Å². The minimum Gasteiger partial charge on any atom is -0.481 e. The summed E-state index contributed by atoms with van der Waals surface area (Å²) in [6.07, 6.45) is 0. The lowest BCUT2D eigenvalue weighted by Gasteiger charge is -2.12. The zero-order valence-corrected chi connectivity index (χ0v) is 13.8. The van der Waals surface area contributed by atoms with Crippen LogP contribution in [0.2, 0.25) is 0 Å². The average molecular weight is 322 g/mol. The van der Waals surface area contributed by atoms with Gasteiger partial charge in [-0.3, -0.25) is 10.1 Å². The molecule has 0 aliphatic carbocycles. The molecule has 7 heteroatoms. The van der Waals surface area contributed by atoms with Gasteiger partial charge in [-0.15, -0.1) is 0 Å². The highest BCUT2D eigenvalue weighted by Crippen LogP contribution is 2.24. The lowest BCUT2D eigenvalue weighted by atomic mass is 10.1. The monoisotopic (exact) mass is 322 g/mol. The standard InChI is InChI=1S/C16H22N2O5/c1-5-17-16(21)18-13(19)8-22-14(20)9-23-15-11(3)6-10(2)7-12(15)4/h6-7H,5,8-9H2,1-4H3,(H2,17,18,19,21). The highest BCUT2D eigenvalue weighted by atomic mass is 16.6. The molecule has 0 aromatic heterocycles. The number of aryl methyl sites for hydroxylation is 3. The van der Waals surface area contributed by atoms with Crippen molar-refractivity contribution >= 4 is 17.9 Å². The zero-order valence-electron chi connectivity index (χ0n) is 13.8. The lowest BCUT2D eigenvalue weighted by Crippen LogP contribution is -2.41. The third kappa shape index (κ3) is 6.37. The average Bonchev–Trinajstić information content (AvgIpc) is 2.44. The molecule has 7 nitrogen and oxygen atoms in total. The van der Waals surface area contributed by atoms with Crippen molar-refractivity contribution in [2.45, 2.75) is 27.7 Å². The number of amides is 3. The molecule has 1 aromatic rings. The van der Waals surface area contributed by atoms with E-state index in [-0.39, 0.29) is 6.61 Å². The SMILES string of the molecule is CCNC(=O)NC(=O)COC(=O)COc1c(C)cc(C)cc1C. The van der Waals surface area contributed by atoms with E-state index in [1.165, 1.54) is 0 Å². The molecule has 2 N–H and O–H groups in total. The molecule has 0 fully saturated rings. The van der Waals surface area contributed by atoms with Crippen molar-refractivity contribution < 1.29 is 23.9 Å². The van der Waals surface area contributed by atoms with Crippen LogP contribution in [-0.4, -0.2) is 37.7 Å². The van der Waals surface area contributed by atoms with Crippen LogP contribution < -0.4 is 15.4 Å². The molecule has 0 spiro atoms. The first-order valence-electron chi connectivity index (χ1n) is 7.27. The fourth-order valence-electron chi connectivity index (χ4n) is 2.08. The third-order valence-corrected chi connectivity index (χ3v) is 2.89. The Bertz CT molecular complexity index is 575. The number of rotatable bonds is 6. The first kappa shape index (κ1) is 18.5. The molecular formula is C16H22N2O5. The summed E-state index contributed by atoms with van der Waals surface area (Å²) in [6.45, 7) is 7.02. The van der Waals surface area contributed by atoms with E-state index >= 15 is 0 Å². The molecule has 0 radical (unpaired) electrons. The molecule has 0 heterocycles. The third-order valence-electron chi connectivity index (χ3n) is 2.89. The summed E-state index contributed by atoms with van der Waals surface area (Å²) < 4.78 is 10.2. The number of esters is 1. The largest absolute Gasteiger partial charge is 0.481 e. The molecular weight excluding hydrogens is 300 g/mol. The number of benzene rings is 1. The maximum absolute atomic E-state index is 11.6. The van der Waals surface area contributed by atoms with Crippen LogP contribution in [0.5, 0.6) is 5.75 Å². The molecule has 3 amide bonds. The van der Waals surface area contributed by atoms with E-state index in [0.717, 1.165) is 16.7 Å². The number of nitrogens with one attached hydrogen (secondary N) is 2. The Morgan fingerprint density at radius 1 is 1.04 bits per heavy atom. The van der Waals surface area contributed by atoms with E-state index in [4.69, 9.17) is 9.47 Å². The quantitative estimate of drug-likeness (QED) is 0.772. The van der Waals surface area contributed by atoms with Gasteiger partial charge >= 0.3 is 12.0 Å². The Labute approximate surface area is 135 Å². The van der Waals surface area contributed by atoms with Gasteiger partial charge in [0.05, 0.1) is 0 Å². The van der Waals surface area contributed by atoms with E-state index in [9.17, 15) is 14.4 Å². The molecule has 0 saturated carbocycles. The van der Waals surface area contributed by atoms with E-state index in [1.54, 1.807) is 6.92 Å². The number of hydrogen-bond donors (Lipinski definition) is 2. The number of urea groups is 1. The van der Waals surface area contributed by atoms with Gasteiger partial charge < -0.3 is 14.8 Å². The fraction of sp³-hybridized carbons (Fsp3) is 0.438. The zero-order chi connectivity index (χ0) is 17.4. The van der Waals surface area contributed by atoms with Gasteiger partial charge in [-0.1, -0.05) is 17.7 Å². The van der Waals surface area contributed by atoms with Crippen LogP contribution in [-0.2, 0) is 14.3 Å². The molecule has 0 aliphatic heterocycles. The van der Waals surface area contributed by atoms with Crippen LogP contribution in [0, 0.1) is 20.8 Å². The van der Waals surface area contributed by atoms with Crippen molar-refractivity contribution in [3.8, 4) is 5.75 Å². The van der Waals surface area contributed by atoms with Crippen LogP contribution in [0.1, 0.15) is 23.6 Å². The summed E-state index contributed by atoms with van der Waals surface area (Å²) in [5.74, 6) is -0.762. The Morgan fingerprint density at radius 2 is 1.65 bits per heavy atom. The van der Waals surface area contributed by atoms with Gasteiger partial charge in [0, 0.05) is 6.54 Å². The summed E-state index contributed by atoms with van der Waals surface area (Å²) in [5.41, 5.74) is 2.95. The van der Waals surface area contributed by atoms with E-state index in [2.05, 4.69) is 5.32 Å². The second kappa shape index (κ2) is 8.77. The van der Waals surface area contributed by atoms with Crippen molar-refractivity contribution in [2.75, 3.05) is 19.8 Å². The summed E-state index contributed by atoms with van der Waals surface area (Å²) in [4.78, 5) is 34.1.